The largest absolute Gasteiger partial charge is 1.00 e. The van der Waals surface area contributed by atoms with Gasteiger partial charge in [-0.15, -0.1) is 9.05 Å². The van der Waals surface area contributed by atoms with Crippen molar-refractivity contribution in [3.8, 4) is 0 Å². The van der Waals surface area contributed by atoms with E-state index in [0.29, 0.717) is 0 Å². The number of hydrogen-bond acceptors (Lipinski definition) is 6. The summed E-state index contributed by atoms with van der Waals surface area (Å²) in [5.41, 5.74) is 0. The number of carbonyl (C=O) groups is 2. The van der Waals surface area contributed by atoms with Crippen LogP contribution in [-0.2, 0) is 46.6 Å². The summed E-state index contributed by atoms with van der Waals surface area (Å²) in [5.74, 6) is 0. The third-order valence-electron chi connectivity index (χ3n) is 2.20. The molecule has 2 unspecified atom stereocenters. The van der Waals surface area contributed by atoms with Crippen LogP contribution in [0.25, 0.3) is 0 Å². The Morgan fingerprint density at radius 2 is 1.17 bits per heavy atom. The smallest absolute Gasteiger partial charge is 0.784 e. The van der Waals surface area contributed by atoms with E-state index >= 15 is 0 Å². The van der Waals surface area contributed by atoms with Gasteiger partial charge >= 0.3 is 59.1 Å². The first-order valence-electron chi connectivity index (χ1n) is 5.41. The fourth-order valence-corrected chi connectivity index (χ4v) is 7.97. The maximum atomic E-state index is 11.4. The van der Waals surface area contributed by atoms with E-state index in [4.69, 9.17) is 0 Å². The fourth-order valence-electron chi connectivity index (χ4n) is 1.56. The molecule has 126 valence electrons. The zero-order valence-corrected chi connectivity index (χ0v) is 20.6. The number of carbonyl (C=O) groups excluding carboxylic acids is 2. The number of benzene rings is 1. The minimum atomic E-state index is -4.89. The van der Waals surface area contributed by atoms with Gasteiger partial charge in [0.15, 0.2) is 10.2 Å². The summed E-state index contributed by atoms with van der Waals surface area (Å²) >= 11 is 0. The van der Waals surface area contributed by atoms with E-state index in [0.717, 1.165) is 38.1 Å². The van der Waals surface area contributed by atoms with Crippen LogP contribution >= 0.6 is 0 Å². The molecule has 0 aromatic heterocycles. The Labute approximate surface area is 188 Å². The molecule has 0 saturated heterocycles. The molecule has 0 spiro atoms. The summed E-state index contributed by atoms with van der Waals surface area (Å²) in [5, 5.41) is -1.59. The monoisotopic (exact) mass is 434 g/mol. The van der Waals surface area contributed by atoms with Crippen LogP contribution in [0.5, 0.6) is 0 Å². The average Bonchev–Trinajstić information content (AvgIpc) is 2.26. The molecule has 0 amide bonds. The number of hydrogen-bond donors (Lipinski definition) is 2. The summed E-state index contributed by atoms with van der Waals surface area (Å²) in [7, 11) is -13.5. The van der Waals surface area contributed by atoms with E-state index in [9.17, 15) is 36.2 Å². The molecule has 2 N–H and O–H groups in total. The zero-order chi connectivity index (χ0) is 17.3. The second-order valence-electron chi connectivity index (χ2n) is 3.85. The van der Waals surface area contributed by atoms with Crippen LogP contribution in [0, 0.1) is 0 Å². The van der Waals surface area contributed by atoms with Gasteiger partial charge in [0.2, 0.25) is 9.05 Å². The molecular weight excluding hydrogens is 422 g/mol. The minimum Gasteiger partial charge on any atom is -0.784 e. The molecule has 1 aromatic rings. The van der Waals surface area contributed by atoms with E-state index in [1.165, 1.54) is 0 Å². The van der Waals surface area contributed by atoms with Gasteiger partial charge in [-0.3, -0.25) is 22.9 Å². The van der Waals surface area contributed by atoms with Gasteiger partial charge < -0.3 is 9.11 Å². The van der Waals surface area contributed by atoms with Gasteiger partial charge in [-0.2, -0.15) is 0 Å². The quantitative estimate of drug-likeness (QED) is 0.437. The van der Waals surface area contributed by atoms with Crippen molar-refractivity contribution in [2.24, 2.45) is 0 Å². The van der Waals surface area contributed by atoms with E-state index in [-0.39, 0.29) is 68.9 Å². The van der Waals surface area contributed by atoms with Crippen LogP contribution < -0.4 is 59.1 Å². The normalized spacial score (nSPS) is 13.9. The molecule has 0 aliphatic carbocycles. The molecule has 0 aliphatic rings. The van der Waals surface area contributed by atoms with E-state index in [2.05, 4.69) is 0 Å². The maximum absolute atomic E-state index is 11.4. The van der Waals surface area contributed by atoms with Crippen molar-refractivity contribution in [1.82, 2.24) is 0 Å². The predicted molar refractivity (Wildman–Crippen MR) is 82.2 cm³/mol. The molecule has 1 rings (SSSR count). The van der Waals surface area contributed by atoms with Gasteiger partial charge in [0.25, 0.3) is 0 Å². The summed E-state index contributed by atoms with van der Waals surface area (Å²) < 4.78 is 63.0. The predicted octanol–water partition coefficient (Wildman–Crippen LogP) is -5.65. The summed E-state index contributed by atoms with van der Waals surface area (Å²) in [6.07, 6.45) is 0. The maximum Gasteiger partial charge on any atom is 1.00 e. The molecule has 0 aliphatic heterocycles. The summed E-state index contributed by atoms with van der Waals surface area (Å²) in [4.78, 5) is 22.6. The molecule has 0 heterocycles. The van der Waals surface area contributed by atoms with Gasteiger partial charge in [-0.25, -0.2) is 4.21 Å². The van der Waals surface area contributed by atoms with Crippen LogP contribution in [-0.4, -0.2) is 36.9 Å². The van der Waals surface area contributed by atoms with E-state index in [1.807, 2.05) is 0 Å². The van der Waals surface area contributed by atoms with Gasteiger partial charge in [-0.05, 0) is 24.3 Å². The van der Waals surface area contributed by atoms with Crippen molar-refractivity contribution in [2.75, 3.05) is 0 Å². The van der Waals surface area contributed by atoms with E-state index in [1.54, 1.807) is 0 Å². The Morgan fingerprint density at radius 3 is 1.38 bits per heavy atom. The standard InChI is InChI=1S/C10H14O8S4.2Na/c1-7(11)19(21(13,14)15)9-3-5-10(6-4-9)20(8(2)12)22(16,17)18;;/h3-6H,1-2H3,(H2,13,14,15)(H2,16,17,18);;/q;2*+1/p-2. The van der Waals surface area contributed by atoms with Crippen LogP contribution in [0.15, 0.2) is 34.1 Å². The van der Waals surface area contributed by atoms with Crippen LogP contribution in [0.1, 0.15) is 13.8 Å². The first kappa shape index (κ1) is 27.6. The molecule has 14 heteroatoms. The van der Waals surface area contributed by atoms with Gasteiger partial charge in [0.05, 0.1) is 0 Å². The van der Waals surface area contributed by atoms with Crippen molar-refractivity contribution in [3.05, 3.63) is 24.3 Å². The van der Waals surface area contributed by atoms with Crippen molar-refractivity contribution in [1.29, 1.82) is 0 Å². The molecule has 2 atom stereocenters. The third kappa shape index (κ3) is 7.56. The number of rotatable bonds is 2. The Balaban J connectivity index is 0. The van der Waals surface area contributed by atoms with Gasteiger partial charge in [0.1, 0.15) is 0 Å². The van der Waals surface area contributed by atoms with Crippen molar-refractivity contribution in [3.63, 3.8) is 0 Å². The second kappa shape index (κ2) is 10.7. The third-order valence-corrected chi connectivity index (χ3v) is 10.6. The van der Waals surface area contributed by atoms with Crippen molar-refractivity contribution >= 4 is 47.2 Å². The molecule has 0 bridgehead atoms. The summed E-state index contributed by atoms with van der Waals surface area (Å²) in [6.45, 7) is 1.98. The molecular formula is C10H12Na2O8S4. The molecule has 8 nitrogen and oxygen atoms in total. The van der Waals surface area contributed by atoms with Crippen molar-refractivity contribution in [2.45, 2.75) is 23.6 Å². The molecule has 0 fully saturated rings. The minimum absolute atomic E-state index is 0. The molecule has 24 heavy (non-hydrogen) atoms. The topological polar surface area (TPSA) is 155 Å². The Bertz CT molecular complexity index is 788. The second-order valence-corrected chi connectivity index (χ2v) is 13.3. The molecule has 0 radical (unpaired) electrons. The van der Waals surface area contributed by atoms with Crippen molar-refractivity contribution < 1.29 is 95.3 Å². The fraction of sp³-hybridized carbons (Fsp3) is 0.200. The average molecular weight is 434 g/mol. The summed E-state index contributed by atoms with van der Waals surface area (Å²) in [6, 6.07) is 4.45. The molecule has 0 saturated carbocycles. The Kier molecular flexibility index (Phi) is 12.3. The first-order chi connectivity index (χ1) is 9.85. The van der Waals surface area contributed by atoms with E-state index < -0.39 is 47.2 Å². The Hall–Kier alpha value is 1.40. The van der Waals surface area contributed by atoms with Crippen LogP contribution in [0.3, 0.4) is 0 Å². The SMILES string of the molecule is CC(=O)S(c1ccc(S(C(C)=O)=S(=O)(O)O)cc1)=S(=O)([O-])[O-].[Na+].[Na+]. The molecule has 1 aromatic carbocycles. The Morgan fingerprint density at radius 1 is 0.875 bits per heavy atom. The van der Waals surface area contributed by atoms with Crippen LogP contribution in [0.4, 0.5) is 0 Å². The zero-order valence-electron chi connectivity index (χ0n) is 13.3. The first-order valence-corrected chi connectivity index (χ1v) is 11.8. The van der Waals surface area contributed by atoms with Gasteiger partial charge in [-0.1, -0.05) is 9.45 Å². The van der Waals surface area contributed by atoms with Crippen LogP contribution in [0.2, 0.25) is 0 Å². The van der Waals surface area contributed by atoms with Gasteiger partial charge in [0, 0.05) is 33.1 Å².